The number of nitrogen functional groups attached to an aromatic ring is 1. The normalized spacial score (nSPS) is 10.9. The summed E-state index contributed by atoms with van der Waals surface area (Å²) >= 11 is 4.98. The van der Waals surface area contributed by atoms with Gasteiger partial charge in [-0.15, -0.1) is 11.3 Å². The van der Waals surface area contributed by atoms with Crippen LogP contribution in [0.2, 0.25) is 0 Å². The number of benzene rings is 1. The highest BCUT2D eigenvalue weighted by molar-refractivity contribution is 9.10. The van der Waals surface area contributed by atoms with Crippen LogP contribution >= 0.6 is 27.3 Å². The van der Waals surface area contributed by atoms with Crippen molar-refractivity contribution in [1.29, 1.82) is 0 Å². The lowest BCUT2D eigenvalue weighted by atomic mass is 10.2. The van der Waals surface area contributed by atoms with E-state index in [1.54, 1.807) is 17.4 Å². The first-order chi connectivity index (χ1) is 9.61. The fourth-order valence-electron chi connectivity index (χ4n) is 1.72. The Morgan fingerprint density at radius 3 is 2.90 bits per heavy atom. The van der Waals surface area contributed by atoms with Gasteiger partial charge in [0.1, 0.15) is 5.01 Å². The largest absolute Gasteiger partial charge is 0.398 e. The molecule has 0 saturated carbocycles. The molecule has 0 atom stereocenters. The van der Waals surface area contributed by atoms with Gasteiger partial charge < -0.3 is 10.3 Å². The standard InChI is InChI=1S/C13H11BrN4OS/c1-7-6-20-12(16-7)5-11-17-13(19-18-11)8-2-3-10(15)9(14)4-8/h2-4,6H,5,15H2,1H3. The molecule has 3 aromatic rings. The van der Waals surface area contributed by atoms with Crippen LogP contribution in [0.15, 0.2) is 32.6 Å². The Labute approximate surface area is 128 Å². The van der Waals surface area contributed by atoms with E-state index in [1.165, 1.54) is 0 Å². The van der Waals surface area contributed by atoms with Crippen LogP contribution in [0, 0.1) is 6.92 Å². The summed E-state index contributed by atoms with van der Waals surface area (Å²) in [5.41, 5.74) is 8.27. The number of hydrogen-bond donors (Lipinski definition) is 1. The molecule has 0 aliphatic heterocycles. The van der Waals surface area contributed by atoms with Crippen LogP contribution in [-0.4, -0.2) is 15.1 Å². The Morgan fingerprint density at radius 2 is 2.20 bits per heavy atom. The second-order valence-corrected chi connectivity index (χ2v) is 6.11. The molecule has 0 bridgehead atoms. The van der Waals surface area contributed by atoms with E-state index in [1.807, 2.05) is 24.4 Å². The quantitative estimate of drug-likeness (QED) is 0.732. The number of aromatic nitrogens is 3. The molecule has 0 unspecified atom stereocenters. The lowest BCUT2D eigenvalue weighted by Gasteiger charge is -1.98. The van der Waals surface area contributed by atoms with Crippen molar-refractivity contribution in [2.45, 2.75) is 13.3 Å². The third kappa shape index (κ3) is 2.73. The maximum atomic E-state index is 5.76. The summed E-state index contributed by atoms with van der Waals surface area (Å²) in [6.45, 7) is 1.97. The fraction of sp³-hybridized carbons (Fsp3) is 0.154. The summed E-state index contributed by atoms with van der Waals surface area (Å²) in [4.78, 5) is 8.77. The van der Waals surface area contributed by atoms with Crippen molar-refractivity contribution in [1.82, 2.24) is 15.1 Å². The van der Waals surface area contributed by atoms with Crippen molar-refractivity contribution < 1.29 is 4.52 Å². The second-order valence-electron chi connectivity index (χ2n) is 4.31. The van der Waals surface area contributed by atoms with Gasteiger partial charge in [-0.05, 0) is 41.1 Å². The Balaban J connectivity index is 1.84. The van der Waals surface area contributed by atoms with Crippen LogP contribution in [0.5, 0.6) is 0 Å². The molecule has 0 aliphatic carbocycles. The van der Waals surface area contributed by atoms with Gasteiger partial charge in [-0.25, -0.2) is 4.98 Å². The van der Waals surface area contributed by atoms with Crippen molar-refractivity contribution in [3.63, 3.8) is 0 Å². The van der Waals surface area contributed by atoms with Crippen molar-refractivity contribution >= 4 is 33.0 Å². The highest BCUT2D eigenvalue weighted by Gasteiger charge is 2.11. The van der Waals surface area contributed by atoms with Crippen LogP contribution in [0.1, 0.15) is 16.5 Å². The molecule has 7 heteroatoms. The first kappa shape index (κ1) is 13.3. The second kappa shape index (κ2) is 5.34. The lowest BCUT2D eigenvalue weighted by molar-refractivity contribution is 0.424. The van der Waals surface area contributed by atoms with Crippen LogP contribution in [0.4, 0.5) is 5.69 Å². The Hall–Kier alpha value is -1.73. The smallest absolute Gasteiger partial charge is 0.257 e. The van der Waals surface area contributed by atoms with E-state index in [-0.39, 0.29) is 0 Å². The highest BCUT2D eigenvalue weighted by Crippen LogP contribution is 2.26. The zero-order valence-corrected chi connectivity index (χ0v) is 13.0. The summed E-state index contributed by atoms with van der Waals surface area (Å²) in [6.07, 6.45) is 0.581. The van der Waals surface area contributed by atoms with E-state index in [9.17, 15) is 0 Å². The average molecular weight is 351 g/mol. The lowest BCUT2D eigenvalue weighted by Crippen LogP contribution is -1.90. The minimum Gasteiger partial charge on any atom is -0.398 e. The summed E-state index contributed by atoms with van der Waals surface area (Å²) in [6, 6.07) is 5.51. The Kier molecular flexibility index (Phi) is 3.54. The molecular weight excluding hydrogens is 340 g/mol. The van der Waals surface area contributed by atoms with E-state index in [0.29, 0.717) is 23.8 Å². The zero-order chi connectivity index (χ0) is 14.1. The molecule has 0 radical (unpaired) electrons. The van der Waals surface area contributed by atoms with E-state index >= 15 is 0 Å². The number of aryl methyl sites for hydroxylation is 1. The van der Waals surface area contributed by atoms with Gasteiger partial charge in [0, 0.05) is 26.8 Å². The van der Waals surface area contributed by atoms with Gasteiger partial charge in [0.05, 0.1) is 6.42 Å². The molecule has 3 rings (SSSR count). The van der Waals surface area contributed by atoms with Crippen molar-refractivity contribution in [2.75, 3.05) is 5.73 Å². The third-order valence-electron chi connectivity index (χ3n) is 2.69. The third-order valence-corrected chi connectivity index (χ3v) is 4.34. The van der Waals surface area contributed by atoms with Gasteiger partial charge in [0.15, 0.2) is 5.82 Å². The van der Waals surface area contributed by atoms with Crippen LogP contribution in [0.25, 0.3) is 11.5 Å². The monoisotopic (exact) mass is 350 g/mol. The molecule has 0 amide bonds. The summed E-state index contributed by atoms with van der Waals surface area (Å²) in [5.74, 6) is 1.11. The number of rotatable bonds is 3. The summed E-state index contributed by atoms with van der Waals surface area (Å²) in [5, 5.41) is 6.97. The number of thiazole rings is 1. The van der Waals surface area contributed by atoms with E-state index < -0.39 is 0 Å². The summed E-state index contributed by atoms with van der Waals surface area (Å²) < 4.78 is 6.09. The van der Waals surface area contributed by atoms with Crippen LogP contribution < -0.4 is 5.73 Å². The van der Waals surface area contributed by atoms with E-state index in [2.05, 4.69) is 31.1 Å². The topological polar surface area (TPSA) is 77.8 Å². The maximum absolute atomic E-state index is 5.76. The number of hydrogen-bond acceptors (Lipinski definition) is 6. The van der Waals surface area contributed by atoms with Gasteiger partial charge in [0.2, 0.25) is 0 Å². The highest BCUT2D eigenvalue weighted by atomic mass is 79.9. The number of anilines is 1. The first-order valence-electron chi connectivity index (χ1n) is 5.91. The molecule has 0 saturated heterocycles. The predicted octanol–water partition coefficient (Wildman–Crippen LogP) is 3.44. The zero-order valence-electron chi connectivity index (χ0n) is 10.6. The van der Waals surface area contributed by atoms with Gasteiger partial charge in [-0.1, -0.05) is 5.16 Å². The minimum absolute atomic E-state index is 0.481. The Morgan fingerprint density at radius 1 is 1.35 bits per heavy atom. The van der Waals surface area contributed by atoms with E-state index in [4.69, 9.17) is 10.3 Å². The van der Waals surface area contributed by atoms with E-state index in [0.717, 1.165) is 20.7 Å². The van der Waals surface area contributed by atoms with Crippen LogP contribution in [0.3, 0.4) is 0 Å². The van der Waals surface area contributed by atoms with Gasteiger partial charge >= 0.3 is 0 Å². The Bertz CT molecular complexity index is 752. The molecule has 0 aliphatic rings. The van der Waals surface area contributed by atoms with Crippen molar-refractivity contribution in [3.05, 3.63) is 44.6 Å². The SMILES string of the molecule is Cc1csc(Cc2noc(-c3ccc(N)c(Br)c3)n2)n1. The molecule has 2 aromatic heterocycles. The van der Waals surface area contributed by atoms with Gasteiger partial charge in [0.25, 0.3) is 5.89 Å². The van der Waals surface area contributed by atoms with Crippen LogP contribution in [-0.2, 0) is 6.42 Å². The van der Waals surface area contributed by atoms with Crippen molar-refractivity contribution in [3.8, 4) is 11.5 Å². The summed E-state index contributed by atoms with van der Waals surface area (Å²) in [7, 11) is 0. The average Bonchev–Trinajstić information content (AvgIpc) is 3.03. The molecule has 102 valence electrons. The first-order valence-corrected chi connectivity index (χ1v) is 7.58. The molecule has 2 heterocycles. The molecule has 1 aromatic carbocycles. The fourth-order valence-corrected chi connectivity index (χ4v) is 2.87. The number of nitrogens with zero attached hydrogens (tertiary/aromatic N) is 3. The molecule has 0 spiro atoms. The predicted molar refractivity (Wildman–Crippen MR) is 81.5 cm³/mol. The van der Waals surface area contributed by atoms with Crippen molar-refractivity contribution in [2.24, 2.45) is 0 Å². The maximum Gasteiger partial charge on any atom is 0.257 e. The van der Waals surface area contributed by atoms with Gasteiger partial charge in [-0.3, -0.25) is 0 Å². The molecule has 0 fully saturated rings. The molecular formula is C13H11BrN4OS. The molecule has 2 N–H and O–H groups in total. The number of nitrogens with two attached hydrogens (primary N) is 1. The molecule has 5 nitrogen and oxygen atoms in total. The minimum atomic E-state index is 0.481. The molecule has 20 heavy (non-hydrogen) atoms. The van der Waals surface area contributed by atoms with Gasteiger partial charge in [-0.2, -0.15) is 4.98 Å². The number of halogens is 1.